The Hall–Kier alpha value is -2.37. The lowest BCUT2D eigenvalue weighted by molar-refractivity contribution is -0.120. The van der Waals surface area contributed by atoms with Crippen LogP contribution in [0, 0.1) is 0 Å². The Kier molecular flexibility index (Phi) is 7.80. The molecule has 0 radical (unpaired) electrons. The Morgan fingerprint density at radius 1 is 1.17 bits per heavy atom. The van der Waals surface area contributed by atoms with Crippen molar-refractivity contribution in [3.63, 3.8) is 0 Å². The summed E-state index contributed by atoms with van der Waals surface area (Å²) in [5.74, 6) is -1.51. The minimum Gasteiger partial charge on any atom is -0.465 e. The molecule has 23 heavy (non-hydrogen) atoms. The van der Waals surface area contributed by atoms with Crippen LogP contribution in [0.1, 0.15) is 59.7 Å². The number of amides is 2. The van der Waals surface area contributed by atoms with Gasteiger partial charge in [0.1, 0.15) is 6.04 Å². The molecule has 1 atom stereocenters. The Labute approximate surface area is 136 Å². The fourth-order valence-electron chi connectivity index (χ4n) is 2.21. The van der Waals surface area contributed by atoms with Crippen molar-refractivity contribution in [3.05, 3.63) is 35.4 Å². The zero-order chi connectivity index (χ0) is 17.2. The van der Waals surface area contributed by atoms with E-state index in [0.29, 0.717) is 6.42 Å². The van der Waals surface area contributed by atoms with Crippen LogP contribution < -0.4 is 11.1 Å². The SMILES string of the molecule is CCCCCC[C@H](NC(=O)c1cccc(C(=O)OC)c1)C(N)=O. The Morgan fingerprint density at radius 2 is 1.87 bits per heavy atom. The first-order valence-corrected chi connectivity index (χ1v) is 7.78. The topological polar surface area (TPSA) is 98.5 Å². The van der Waals surface area contributed by atoms with E-state index in [0.717, 1.165) is 25.7 Å². The third-order valence-corrected chi connectivity index (χ3v) is 3.54. The van der Waals surface area contributed by atoms with Crippen molar-refractivity contribution < 1.29 is 19.1 Å². The summed E-state index contributed by atoms with van der Waals surface area (Å²) in [4.78, 5) is 35.2. The smallest absolute Gasteiger partial charge is 0.337 e. The fraction of sp³-hybridized carbons (Fsp3) is 0.471. The third kappa shape index (κ3) is 6.10. The Bertz CT molecular complexity index is 557. The molecule has 6 nitrogen and oxygen atoms in total. The van der Waals surface area contributed by atoms with Crippen molar-refractivity contribution in [2.75, 3.05) is 7.11 Å². The second-order valence-corrected chi connectivity index (χ2v) is 5.35. The monoisotopic (exact) mass is 320 g/mol. The number of primary amides is 1. The van der Waals surface area contributed by atoms with Crippen LogP contribution in [-0.4, -0.2) is 30.9 Å². The van der Waals surface area contributed by atoms with Crippen molar-refractivity contribution in [3.8, 4) is 0 Å². The van der Waals surface area contributed by atoms with Gasteiger partial charge in [-0.3, -0.25) is 9.59 Å². The molecule has 126 valence electrons. The van der Waals surface area contributed by atoms with Gasteiger partial charge >= 0.3 is 5.97 Å². The average Bonchev–Trinajstić information content (AvgIpc) is 2.56. The van der Waals surface area contributed by atoms with Gasteiger partial charge in [-0.25, -0.2) is 4.79 Å². The van der Waals surface area contributed by atoms with Gasteiger partial charge in [0, 0.05) is 5.56 Å². The first kappa shape index (κ1) is 18.7. The van der Waals surface area contributed by atoms with E-state index >= 15 is 0 Å². The standard InChI is InChI=1S/C17H24N2O4/c1-3-4-5-6-10-14(15(18)20)19-16(21)12-8-7-9-13(11-12)17(22)23-2/h7-9,11,14H,3-6,10H2,1-2H3,(H2,18,20)(H,19,21)/t14-/m0/s1. The average molecular weight is 320 g/mol. The van der Waals surface area contributed by atoms with Gasteiger partial charge in [0.15, 0.2) is 0 Å². The van der Waals surface area contributed by atoms with E-state index < -0.39 is 23.8 Å². The minimum atomic E-state index is -0.707. The molecule has 1 aromatic rings. The summed E-state index contributed by atoms with van der Waals surface area (Å²) >= 11 is 0. The van der Waals surface area contributed by atoms with Crippen LogP contribution in [0.2, 0.25) is 0 Å². The molecule has 3 N–H and O–H groups in total. The van der Waals surface area contributed by atoms with Gasteiger partial charge in [0.2, 0.25) is 5.91 Å². The van der Waals surface area contributed by atoms with E-state index in [1.54, 1.807) is 18.2 Å². The van der Waals surface area contributed by atoms with Crippen LogP contribution in [0.25, 0.3) is 0 Å². The van der Waals surface area contributed by atoms with Crippen LogP contribution in [0.3, 0.4) is 0 Å². The summed E-state index contributed by atoms with van der Waals surface area (Å²) in [5.41, 5.74) is 5.91. The zero-order valence-electron chi connectivity index (χ0n) is 13.6. The number of carbonyl (C=O) groups is 3. The molecule has 6 heteroatoms. The van der Waals surface area contributed by atoms with Crippen molar-refractivity contribution in [2.45, 2.75) is 45.1 Å². The van der Waals surface area contributed by atoms with E-state index in [2.05, 4.69) is 17.0 Å². The molecular weight excluding hydrogens is 296 g/mol. The highest BCUT2D eigenvalue weighted by Gasteiger charge is 2.19. The summed E-state index contributed by atoms with van der Waals surface area (Å²) in [6, 6.07) is 5.43. The van der Waals surface area contributed by atoms with Crippen LogP contribution in [0.5, 0.6) is 0 Å². The van der Waals surface area contributed by atoms with Gasteiger partial charge in [-0.1, -0.05) is 38.7 Å². The lowest BCUT2D eigenvalue weighted by Gasteiger charge is -2.15. The highest BCUT2D eigenvalue weighted by atomic mass is 16.5. The number of carbonyl (C=O) groups excluding carboxylic acids is 3. The molecule has 0 aliphatic heterocycles. The molecule has 1 rings (SSSR count). The molecule has 0 heterocycles. The minimum absolute atomic E-state index is 0.277. The molecule has 0 unspecified atom stereocenters. The van der Waals surface area contributed by atoms with Gasteiger partial charge in [0.05, 0.1) is 12.7 Å². The normalized spacial score (nSPS) is 11.6. The summed E-state index contributed by atoms with van der Waals surface area (Å²) in [6.07, 6.45) is 4.50. The molecule has 0 aromatic heterocycles. The largest absolute Gasteiger partial charge is 0.465 e. The number of hydrogen-bond donors (Lipinski definition) is 2. The van der Waals surface area contributed by atoms with Crippen LogP contribution in [0.4, 0.5) is 0 Å². The number of hydrogen-bond acceptors (Lipinski definition) is 4. The predicted molar refractivity (Wildman–Crippen MR) is 87.0 cm³/mol. The quantitative estimate of drug-likeness (QED) is 0.537. The van der Waals surface area contributed by atoms with Crippen LogP contribution >= 0.6 is 0 Å². The molecule has 2 amide bonds. The van der Waals surface area contributed by atoms with Crippen LogP contribution in [0.15, 0.2) is 24.3 Å². The second-order valence-electron chi connectivity index (χ2n) is 5.35. The van der Waals surface area contributed by atoms with Gasteiger partial charge < -0.3 is 15.8 Å². The predicted octanol–water partition coefficient (Wildman–Crippen LogP) is 2.03. The van der Waals surface area contributed by atoms with E-state index in [-0.39, 0.29) is 11.1 Å². The van der Waals surface area contributed by atoms with Crippen molar-refractivity contribution in [2.24, 2.45) is 5.73 Å². The van der Waals surface area contributed by atoms with E-state index in [1.807, 2.05) is 0 Å². The third-order valence-electron chi connectivity index (χ3n) is 3.54. The van der Waals surface area contributed by atoms with E-state index in [9.17, 15) is 14.4 Å². The number of unbranched alkanes of at least 4 members (excludes halogenated alkanes) is 3. The van der Waals surface area contributed by atoms with Crippen molar-refractivity contribution in [1.29, 1.82) is 0 Å². The maximum Gasteiger partial charge on any atom is 0.337 e. The van der Waals surface area contributed by atoms with Crippen molar-refractivity contribution >= 4 is 17.8 Å². The maximum atomic E-state index is 12.2. The van der Waals surface area contributed by atoms with Gasteiger partial charge in [0.25, 0.3) is 5.91 Å². The molecule has 0 saturated carbocycles. The highest BCUT2D eigenvalue weighted by molar-refractivity contribution is 5.99. The first-order valence-electron chi connectivity index (χ1n) is 7.78. The lowest BCUT2D eigenvalue weighted by Crippen LogP contribution is -2.44. The summed E-state index contributed by atoms with van der Waals surface area (Å²) in [6.45, 7) is 2.10. The number of ether oxygens (including phenoxy) is 1. The molecule has 0 bridgehead atoms. The number of esters is 1. The maximum absolute atomic E-state index is 12.2. The van der Waals surface area contributed by atoms with Crippen LogP contribution in [-0.2, 0) is 9.53 Å². The molecule has 0 saturated heterocycles. The highest BCUT2D eigenvalue weighted by Crippen LogP contribution is 2.09. The van der Waals surface area contributed by atoms with E-state index in [1.165, 1.54) is 13.2 Å². The fourth-order valence-corrected chi connectivity index (χ4v) is 2.21. The summed E-state index contributed by atoms with van der Waals surface area (Å²) < 4.78 is 4.62. The van der Waals surface area contributed by atoms with Gasteiger partial charge in [-0.2, -0.15) is 0 Å². The van der Waals surface area contributed by atoms with Crippen molar-refractivity contribution in [1.82, 2.24) is 5.32 Å². The van der Waals surface area contributed by atoms with Gasteiger partial charge in [-0.15, -0.1) is 0 Å². The summed E-state index contributed by atoms with van der Waals surface area (Å²) in [5, 5.41) is 2.63. The summed E-state index contributed by atoms with van der Waals surface area (Å²) in [7, 11) is 1.27. The molecule has 0 aliphatic rings. The molecular formula is C17H24N2O4. The molecule has 0 spiro atoms. The number of nitrogens with two attached hydrogens (primary N) is 1. The number of methoxy groups -OCH3 is 1. The number of benzene rings is 1. The Morgan fingerprint density at radius 3 is 2.48 bits per heavy atom. The number of rotatable bonds is 9. The zero-order valence-corrected chi connectivity index (χ0v) is 13.6. The Balaban J connectivity index is 2.71. The molecule has 0 fully saturated rings. The molecule has 0 aliphatic carbocycles. The lowest BCUT2D eigenvalue weighted by atomic mass is 10.1. The molecule has 1 aromatic carbocycles. The van der Waals surface area contributed by atoms with Gasteiger partial charge in [-0.05, 0) is 24.6 Å². The van der Waals surface area contributed by atoms with E-state index in [4.69, 9.17) is 5.73 Å². The first-order chi connectivity index (χ1) is 11.0. The number of nitrogens with one attached hydrogen (secondary N) is 1. The second kappa shape index (κ2) is 9.61.